The van der Waals surface area contributed by atoms with Gasteiger partial charge in [0.25, 0.3) is 0 Å². The minimum atomic E-state index is -3.31. The van der Waals surface area contributed by atoms with Gasteiger partial charge in [-0.1, -0.05) is 87.9 Å². The number of aliphatic hydroxyl groups excluding tert-OH is 1. The first-order valence-corrected chi connectivity index (χ1v) is 18.7. The average Bonchev–Trinajstić information content (AvgIpc) is 3.68. The molecule has 47 heavy (non-hydrogen) atoms. The lowest BCUT2D eigenvalue weighted by Gasteiger charge is -2.36. The Balaban J connectivity index is 1.62. The van der Waals surface area contributed by atoms with Gasteiger partial charge in [0, 0.05) is 26.1 Å². The van der Waals surface area contributed by atoms with E-state index in [0.717, 1.165) is 11.1 Å². The number of amides is 3. The molecule has 258 valence electrons. The number of nitrogens with zero attached hydrogens (tertiary/aromatic N) is 1. The van der Waals surface area contributed by atoms with Gasteiger partial charge in [-0.15, -0.1) is 0 Å². The van der Waals surface area contributed by atoms with E-state index in [4.69, 9.17) is 0 Å². The van der Waals surface area contributed by atoms with Crippen LogP contribution in [-0.4, -0.2) is 90.0 Å². The lowest BCUT2D eigenvalue weighted by molar-refractivity contribution is -0.144. The number of nitrogens with one attached hydrogen (secondary N) is 3. The molecule has 0 radical (unpaired) electrons. The quantitative estimate of drug-likeness (QED) is 0.215. The van der Waals surface area contributed by atoms with Crippen molar-refractivity contribution in [3.63, 3.8) is 0 Å². The van der Waals surface area contributed by atoms with Crippen LogP contribution >= 0.6 is 0 Å². The Morgan fingerprint density at radius 2 is 1.70 bits per heavy atom. The fraction of sp³-hybridized carbons (Fsp3) is 0.583. The third kappa shape index (κ3) is 8.80. The maximum absolute atomic E-state index is 14.4. The van der Waals surface area contributed by atoms with Crippen molar-refractivity contribution in [3.8, 4) is 0 Å². The molecule has 0 unspecified atom stereocenters. The zero-order valence-corrected chi connectivity index (χ0v) is 29.0. The molecular weight excluding hydrogens is 616 g/mol. The third-order valence-electron chi connectivity index (χ3n) is 10.0. The first-order chi connectivity index (χ1) is 22.4. The predicted octanol–water partition coefficient (Wildman–Crippen LogP) is 2.78. The largest absolute Gasteiger partial charge is 0.389 e. The van der Waals surface area contributed by atoms with E-state index in [-0.39, 0.29) is 42.4 Å². The molecule has 0 bridgehead atoms. The summed E-state index contributed by atoms with van der Waals surface area (Å²) in [6.07, 6.45) is 1.99. The van der Waals surface area contributed by atoms with E-state index in [1.807, 2.05) is 81.4 Å². The van der Waals surface area contributed by atoms with Crippen molar-refractivity contribution in [1.29, 1.82) is 0 Å². The van der Waals surface area contributed by atoms with Gasteiger partial charge in [-0.25, -0.2) is 8.42 Å². The fourth-order valence-corrected chi connectivity index (χ4v) is 8.95. The lowest BCUT2D eigenvalue weighted by atomic mass is 9.81. The molecule has 2 saturated heterocycles. The van der Waals surface area contributed by atoms with E-state index in [2.05, 4.69) is 16.0 Å². The Kier molecular flexibility index (Phi) is 12.6. The van der Waals surface area contributed by atoms with Gasteiger partial charge in [0.1, 0.15) is 11.6 Å². The normalized spacial score (nSPS) is 24.0. The summed E-state index contributed by atoms with van der Waals surface area (Å²) in [5.41, 5.74) is 0.841. The van der Waals surface area contributed by atoms with Crippen molar-refractivity contribution >= 4 is 27.6 Å². The van der Waals surface area contributed by atoms with Crippen molar-refractivity contribution in [1.82, 2.24) is 20.9 Å². The SMILES string of the molecule is CCCS(=O)(=O)[C@H]1CN[C@@H]([C@@H](O)[C@H](Cc2ccccc2)NC(=O)[C@H](CCc2ccccc2)N2CC[C@](NC(C)=O)([C@H](C)CC)C2=O)C1. The van der Waals surface area contributed by atoms with Gasteiger partial charge in [-0.3, -0.25) is 14.4 Å². The molecule has 2 aromatic carbocycles. The molecule has 2 aliphatic heterocycles. The van der Waals surface area contributed by atoms with E-state index >= 15 is 0 Å². The van der Waals surface area contributed by atoms with Gasteiger partial charge in [0.15, 0.2) is 9.84 Å². The van der Waals surface area contributed by atoms with Crippen molar-refractivity contribution < 1.29 is 27.9 Å². The number of hydrogen-bond donors (Lipinski definition) is 4. The number of benzene rings is 2. The maximum Gasteiger partial charge on any atom is 0.249 e. The van der Waals surface area contributed by atoms with Crippen molar-refractivity contribution in [2.45, 2.75) is 108 Å². The van der Waals surface area contributed by atoms with Crippen molar-refractivity contribution in [3.05, 3.63) is 71.8 Å². The molecule has 0 aromatic heterocycles. The molecular formula is C36H52N4O6S. The summed E-state index contributed by atoms with van der Waals surface area (Å²) >= 11 is 0. The molecule has 2 aromatic rings. The molecule has 2 fully saturated rings. The summed E-state index contributed by atoms with van der Waals surface area (Å²) in [7, 11) is -3.31. The highest BCUT2D eigenvalue weighted by atomic mass is 32.2. The molecule has 3 amide bonds. The minimum Gasteiger partial charge on any atom is -0.389 e. The Bertz CT molecular complexity index is 1460. The maximum atomic E-state index is 14.4. The molecule has 11 heteroatoms. The van der Waals surface area contributed by atoms with Crippen LogP contribution < -0.4 is 16.0 Å². The first-order valence-electron chi connectivity index (χ1n) is 17.0. The van der Waals surface area contributed by atoms with Crippen molar-refractivity contribution in [2.24, 2.45) is 5.92 Å². The van der Waals surface area contributed by atoms with Gasteiger partial charge < -0.3 is 26.0 Å². The number of sulfone groups is 1. The molecule has 7 atom stereocenters. The lowest BCUT2D eigenvalue weighted by Crippen LogP contribution is -2.61. The zero-order chi connectivity index (χ0) is 34.2. The van der Waals surface area contributed by atoms with Crippen LogP contribution in [0.15, 0.2) is 60.7 Å². The third-order valence-corrected chi connectivity index (χ3v) is 12.4. The van der Waals surface area contributed by atoms with Crippen LogP contribution in [0.25, 0.3) is 0 Å². The summed E-state index contributed by atoms with van der Waals surface area (Å²) in [5.74, 6) is -0.988. The highest BCUT2D eigenvalue weighted by Gasteiger charge is 2.53. The van der Waals surface area contributed by atoms with Crippen LogP contribution in [0.5, 0.6) is 0 Å². The van der Waals surface area contributed by atoms with Gasteiger partial charge in [-0.05, 0) is 55.6 Å². The van der Waals surface area contributed by atoms with E-state index in [9.17, 15) is 27.9 Å². The summed E-state index contributed by atoms with van der Waals surface area (Å²) in [4.78, 5) is 42.5. The molecule has 10 nitrogen and oxygen atoms in total. The number of hydrogen-bond acceptors (Lipinski definition) is 7. The first kappa shape index (κ1) is 36.6. The highest BCUT2D eigenvalue weighted by Crippen LogP contribution is 2.34. The summed E-state index contributed by atoms with van der Waals surface area (Å²) < 4.78 is 25.7. The van der Waals surface area contributed by atoms with Gasteiger partial charge >= 0.3 is 0 Å². The van der Waals surface area contributed by atoms with E-state index in [0.29, 0.717) is 45.1 Å². The van der Waals surface area contributed by atoms with Crippen molar-refractivity contribution in [2.75, 3.05) is 18.8 Å². The van der Waals surface area contributed by atoms with Crippen LogP contribution in [0, 0.1) is 5.92 Å². The zero-order valence-electron chi connectivity index (χ0n) is 28.2. The predicted molar refractivity (Wildman–Crippen MR) is 183 cm³/mol. The molecule has 2 heterocycles. The Labute approximate surface area is 280 Å². The van der Waals surface area contributed by atoms with Gasteiger partial charge in [0.2, 0.25) is 17.7 Å². The van der Waals surface area contributed by atoms with Crippen LogP contribution in [-0.2, 0) is 37.1 Å². The van der Waals surface area contributed by atoms with Crippen LogP contribution in [0.4, 0.5) is 0 Å². The van der Waals surface area contributed by atoms with E-state index < -0.39 is 44.9 Å². The number of carbonyl (C=O) groups excluding carboxylic acids is 3. The Morgan fingerprint density at radius 3 is 2.30 bits per heavy atom. The van der Waals surface area contributed by atoms with Crippen LogP contribution in [0.2, 0.25) is 0 Å². The highest BCUT2D eigenvalue weighted by molar-refractivity contribution is 7.92. The molecule has 0 spiro atoms. The van der Waals surface area contributed by atoms with E-state index in [1.165, 1.54) is 6.92 Å². The van der Waals surface area contributed by atoms with Crippen LogP contribution in [0.1, 0.15) is 70.9 Å². The second-order valence-corrected chi connectivity index (χ2v) is 15.7. The standard InChI is InChI=1S/C36H52N4O6S/c1-5-21-47(45,46)29-23-30(37-24-29)33(42)31(22-28-15-11-8-12-16-28)38-34(43)32(18-17-27-13-9-7-10-14-27)40-20-19-36(35(40)44,25(3)6-2)39-26(4)41/h7-16,25,29-33,37,42H,5-6,17-24H2,1-4H3,(H,38,43)(H,39,41)/t25-,29-,30-,31+,32+,33-,36+/m1/s1. The molecule has 2 aliphatic rings. The van der Waals surface area contributed by atoms with Gasteiger partial charge in [0.05, 0.1) is 23.1 Å². The average molecular weight is 669 g/mol. The number of aliphatic hydroxyl groups is 1. The second kappa shape index (κ2) is 16.2. The molecule has 4 N–H and O–H groups in total. The second-order valence-electron chi connectivity index (χ2n) is 13.3. The fourth-order valence-electron chi connectivity index (χ4n) is 7.20. The molecule has 0 saturated carbocycles. The van der Waals surface area contributed by atoms with Gasteiger partial charge in [-0.2, -0.15) is 0 Å². The summed E-state index contributed by atoms with van der Waals surface area (Å²) in [6, 6.07) is 17.2. The topological polar surface area (TPSA) is 145 Å². The number of carbonyl (C=O) groups is 3. The Hall–Kier alpha value is -3.28. The molecule has 4 rings (SSSR count). The smallest absolute Gasteiger partial charge is 0.249 e. The number of rotatable bonds is 16. The Morgan fingerprint density at radius 1 is 1.06 bits per heavy atom. The van der Waals surface area contributed by atoms with Crippen LogP contribution in [0.3, 0.4) is 0 Å². The number of likely N-dealkylation sites (tertiary alicyclic amines) is 1. The number of aryl methyl sites for hydroxylation is 1. The summed E-state index contributed by atoms with van der Waals surface area (Å²) in [5, 5.41) is 20.4. The summed E-state index contributed by atoms with van der Waals surface area (Å²) in [6.45, 7) is 7.73. The minimum absolute atomic E-state index is 0.0932. The van der Waals surface area contributed by atoms with E-state index in [1.54, 1.807) is 4.90 Å². The molecule has 0 aliphatic carbocycles. The monoisotopic (exact) mass is 668 g/mol.